The molecule has 1 saturated heterocycles. The largest absolute Gasteiger partial charge is 0.444 e. The highest BCUT2D eigenvalue weighted by Gasteiger charge is 2.33. The Bertz CT molecular complexity index is 324. The van der Waals surface area contributed by atoms with E-state index in [0.717, 1.165) is 19.0 Å². The average molecular weight is 283 g/mol. The van der Waals surface area contributed by atoms with Crippen molar-refractivity contribution < 1.29 is 9.53 Å². The van der Waals surface area contributed by atoms with Gasteiger partial charge in [0.1, 0.15) is 5.60 Å². The lowest BCUT2D eigenvalue weighted by Crippen LogP contribution is -2.36. The Labute approximate surface area is 122 Å². The van der Waals surface area contributed by atoms with Gasteiger partial charge in [-0.2, -0.15) is 0 Å². The van der Waals surface area contributed by atoms with Crippen LogP contribution in [0.4, 0.5) is 4.79 Å². The number of carbonyl (C=O) groups is 1. The van der Waals surface area contributed by atoms with Gasteiger partial charge in [-0.25, -0.2) is 4.79 Å². The number of carbonyl (C=O) groups excluding carboxylic acids is 1. The summed E-state index contributed by atoms with van der Waals surface area (Å²) >= 11 is 0. The zero-order chi connectivity index (χ0) is 14.6. The topological polar surface area (TPSA) is 53.6 Å². The third-order valence-corrected chi connectivity index (χ3v) is 3.74. The van der Waals surface area contributed by atoms with Crippen molar-refractivity contribution in [2.24, 2.45) is 0 Å². The van der Waals surface area contributed by atoms with E-state index < -0.39 is 5.60 Å². The van der Waals surface area contributed by atoms with Crippen LogP contribution >= 0.6 is 0 Å². The standard InChI is InChI=1S/C15H29N3O2/c1-15(2,3)20-14(19)17-9-4-8-16-12-7-10-18(11-12)13-5-6-13/h12-13,16H,4-11H2,1-3H3,(H,17,19). The maximum atomic E-state index is 11.4. The third kappa shape index (κ3) is 5.67. The summed E-state index contributed by atoms with van der Waals surface area (Å²) < 4.78 is 5.19. The van der Waals surface area contributed by atoms with E-state index in [1.54, 1.807) is 0 Å². The molecule has 2 aliphatic rings. The number of hydrogen-bond acceptors (Lipinski definition) is 4. The molecule has 2 fully saturated rings. The van der Waals surface area contributed by atoms with Gasteiger partial charge in [0.05, 0.1) is 0 Å². The van der Waals surface area contributed by atoms with Crippen molar-refractivity contribution in [1.82, 2.24) is 15.5 Å². The van der Waals surface area contributed by atoms with Crippen LogP contribution in [-0.4, -0.2) is 54.9 Å². The molecule has 1 amide bonds. The number of nitrogens with one attached hydrogen (secondary N) is 2. The number of nitrogens with zero attached hydrogens (tertiary/aromatic N) is 1. The predicted molar refractivity (Wildman–Crippen MR) is 79.9 cm³/mol. The lowest BCUT2D eigenvalue weighted by Gasteiger charge is -2.20. The van der Waals surface area contributed by atoms with Gasteiger partial charge in [0.2, 0.25) is 0 Å². The minimum absolute atomic E-state index is 0.321. The van der Waals surface area contributed by atoms with Crippen molar-refractivity contribution in [3.05, 3.63) is 0 Å². The second-order valence-electron chi connectivity index (χ2n) is 6.95. The summed E-state index contributed by atoms with van der Waals surface area (Å²) in [7, 11) is 0. The summed E-state index contributed by atoms with van der Waals surface area (Å²) in [6.45, 7) is 9.70. The van der Waals surface area contributed by atoms with Crippen molar-refractivity contribution in [3.63, 3.8) is 0 Å². The molecule has 20 heavy (non-hydrogen) atoms. The number of hydrogen-bond donors (Lipinski definition) is 2. The smallest absolute Gasteiger partial charge is 0.407 e. The Morgan fingerprint density at radius 1 is 1.25 bits per heavy atom. The molecular formula is C15H29N3O2. The summed E-state index contributed by atoms with van der Waals surface area (Å²) in [5, 5.41) is 6.37. The molecule has 5 nitrogen and oxygen atoms in total. The van der Waals surface area contributed by atoms with E-state index in [0.29, 0.717) is 12.6 Å². The van der Waals surface area contributed by atoms with Gasteiger partial charge in [0, 0.05) is 31.7 Å². The lowest BCUT2D eigenvalue weighted by atomic mass is 10.2. The second kappa shape index (κ2) is 6.76. The highest BCUT2D eigenvalue weighted by molar-refractivity contribution is 5.67. The highest BCUT2D eigenvalue weighted by Crippen LogP contribution is 2.29. The fourth-order valence-electron chi connectivity index (χ4n) is 2.62. The van der Waals surface area contributed by atoms with Gasteiger partial charge in [-0.15, -0.1) is 0 Å². The first-order valence-corrected chi connectivity index (χ1v) is 7.88. The molecule has 0 spiro atoms. The van der Waals surface area contributed by atoms with E-state index >= 15 is 0 Å². The van der Waals surface area contributed by atoms with Crippen molar-refractivity contribution in [1.29, 1.82) is 0 Å². The lowest BCUT2D eigenvalue weighted by molar-refractivity contribution is 0.0527. The summed E-state index contributed by atoms with van der Waals surface area (Å²) in [5.41, 5.74) is -0.418. The first-order chi connectivity index (χ1) is 9.44. The van der Waals surface area contributed by atoms with E-state index in [2.05, 4.69) is 15.5 Å². The van der Waals surface area contributed by atoms with E-state index in [1.807, 2.05) is 20.8 Å². The maximum absolute atomic E-state index is 11.4. The number of ether oxygens (including phenoxy) is 1. The molecule has 1 aliphatic carbocycles. The molecule has 0 bridgehead atoms. The van der Waals surface area contributed by atoms with Crippen LogP contribution in [0, 0.1) is 0 Å². The van der Waals surface area contributed by atoms with Crippen LogP contribution in [0.1, 0.15) is 46.5 Å². The Hall–Kier alpha value is -0.810. The predicted octanol–water partition coefficient (Wildman–Crippen LogP) is 1.73. The van der Waals surface area contributed by atoms with E-state index in [1.165, 1.54) is 32.4 Å². The molecular weight excluding hydrogens is 254 g/mol. The molecule has 2 rings (SSSR count). The summed E-state index contributed by atoms with van der Waals surface area (Å²) in [5.74, 6) is 0. The van der Waals surface area contributed by atoms with Crippen molar-refractivity contribution in [2.75, 3.05) is 26.2 Å². The van der Waals surface area contributed by atoms with Crippen LogP contribution in [0.3, 0.4) is 0 Å². The molecule has 1 heterocycles. The quantitative estimate of drug-likeness (QED) is 0.729. The van der Waals surface area contributed by atoms with Gasteiger partial charge in [0.25, 0.3) is 0 Å². The van der Waals surface area contributed by atoms with Gasteiger partial charge in [-0.3, -0.25) is 4.90 Å². The molecule has 1 aliphatic heterocycles. The molecule has 1 unspecified atom stereocenters. The molecule has 2 N–H and O–H groups in total. The van der Waals surface area contributed by atoms with Crippen LogP contribution in [-0.2, 0) is 4.74 Å². The van der Waals surface area contributed by atoms with Gasteiger partial charge in [-0.05, 0) is 53.0 Å². The molecule has 0 aromatic rings. The van der Waals surface area contributed by atoms with Crippen LogP contribution in [0.25, 0.3) is 0 Å². The Morgan fingerprint density at radius 3 is 2.65 bits per heavy atom. The minimum atomic E-state index is -0.418. The number of alkyl carbamates (subject to hydrolysis) is 1. The average Bonchev–Trinajstić information content (AvgIpc) is 3.07. The summed E-state index contributed by atoms with van der Waals surface area (Å²) in [6, 6.07) is 1.52. The van der Waals surface area contributed by atoms with Crippen LogP contribution in [0.5, 0.6) is 0 Å². The highest BCUT2D eigenvalue weighted by atomic mass is 16.6. The second-order valence-corrected chi connectivity index (χ2v) is 6.95. The molecule has 0 aromatic carbocycles. The van der Waals surface area contributed by atoms with Crippen LogP contribution in [0.2, 0.25) is 0 Å². The minimum Gasteiger partial charge on any atom is -0.444 e. The van der Waals surface area contributed by atoms with Crippen molar-refractivity contribution in [3.8, 4) is 0 Å². The van der Waals surface area contributed by atoms with Gasteiger partial charge >= 0.3 is 6.09 Å². The molecule has 5 heteroatoms. The van der Waals surface area contributed by atoms with Gasteiger partial charge < -0.3 is 15.4 Å². The summed E-state index contributed by atoms with van der Waals surface area (Å²) in [6.07, 6.45) is 4.67. The normalized spacial score (nSPS) is 23.9. The molecule has 1 saturated carbocycles. The Kier molecular flexibility index (Phi) is 5.27. The number of amides is 1. The van der Waals surface area contributed by atoms with Crippen LogP contribution in [0.15, 0.2) is 0 Å². The first kappa shape index (κ1) is 15.6. The first-order valence-electron chi connectivity index (χ1n) is 7.88. The third-order valence-electron chi connectivity index (χ3n) is 3.74. The maximum Gasteiger partial charge on any atom is 0.407 e. The van der Waals surface area contributed by atoms with Gasteiger partial charge in [0.15, 0.2) is 0 Å². The SMILES string of the molecule is CC(C)(C)OC(=O)NCCCNC1CCN(C2CC2)C1. The fraction of sp³-hybridized carbons (Fsp3) is 0.933. The van der Waals surface area contributed by atoms with Crippen molar-refractivity contribution >= 4 is 6.09 Å². The van der Waals surface area contributed by atoms with Crippen molar-refractivity contribution in [2.45, 2.75) is 64.1 Å². The van der Waals surface area contributed by atoms with Crippen LogP contribution < -0.4 is 10.6 Å². The number of likely N-dealkylation sites (tertiary alicyclic amines) is 1. The molecule has 116 valence electrons. The van der Waals surface area contributed by atoms with E-state index in [4.69, 9.17) is 4.74 Å². The van der Waals surface area contributed by atoms with E-state index in [9.17, 15) is 4.79 Å². The van der Waals surface area contributed by atoms with Gasteiger partial charge in [-0.1, -0.05) is 0 Å². The Balaban J connectivity index is 1.46. The number of rotatable bonds is 6. The monoisotopic (exact) mass is 283 g/mol. The Morgan fingerprint density at radius 2 is 2.00 bits per heavy atom. The molecule has 1 atom stereocenters. The fourth-order valence-corrected chi connectivity index (χ4v) is 2.62. The zero-order valence-electron chi connectivity index (χ0n) is 13.1. The molecule has 0 radical (unpaired) electrons. The molecule has 0 aromatic heterocycles. The zero-order valence-corrected chi connectivity index (χ0v) is 13.1. The summed E-state index contributed by atoms with van der Waals surface area (Å²) in [4.78, 5) is 14.1. The van der Waals surface area contributed by atoms with E-state index in [-0.39, 0.29) is 6.09 Å².